The van der Waals surface area contributed by atoms with Crippen molar-refractivity contribution in [2.45, 2.75) is 0 Å². The summed E-state index contributed by atoms with van der Waals surface area (Å²) in [4.78, 5) is 0. The molecule has 1 aromatic carbocycles. The van der Waals surface area contributed by atoms with Crippen molar-refractivity contribution in [3.8, 4) is 5.75 Å². The molecule has 0 aliphatic heterocycles. The van der Waals surface area contributed by atoms with Crippen LogP contribution in [-0.2, 0) is 0 Å². The molecule has 2 heteroatoms. The molecule has 0 atom stereocenters. The van der Waals surface area contributed by atoms with Gasteiger partial charge in [-0.3, -0.25) is 0 Å². The van der Waals surface area contributed by atoms with Crippen LogP contribution in [0.15, 0.2) is 41.1 Å². The van der Waals surface area contributed by atoms with E-state index in [0.29, 0.717) is 0 Å². The van der Waals surface area contributed by atoms with E-state index in [2.05, 4.69) is 22.9 Å². The molecule has 1 nitrogen and oxygen atoms in total. The van der Waals surface area contributed by atoms with E-state index in [1.54, 1.807) is 12.3 Å². The molecule has 0 spiro atoms. The lowest BCUT2D eigenvalue weighted by Gasteiger charge is -1.97. The van der Waals surface area contributed by atoms with E-state index in [0.717, 1.165) is 10.2 Å². The summed E-state index contributed by atoms with van der Waals surface area (Å²) in [6.07, 6.45) is 3.14. The van der Waals surface area contributed by atoms with Crippen molar-refractivity contribution in [1.29, 1.82) is 0 Å². The Morgan fingerprint density at radius 2 is 1.91 bits per heavy atom. The van der Waals surface area contributed by atoms with Crippen LogP contribution in [0.2, 0.25) is 0 Å². The van der Waals surface area contributed by atoms with Crippen molar-refractivity contribution in [1.82, 2.24) is 0 Å². The van der Waals surface area contributed by atoms with E-state index >= 15 is 0 Å². The van der Waals surface area contributed by atoms with Crippen LogP contribution in [0.25, 0.3) is 0 Å². The molecular weight excluding hydrogens is 204 g/mol. The molecule has 0 saturated heterocycles. The molecule has 11 heavy (non-hydrogen) atoms. The lowest BCUT2D eigenvalue weighted by Crippen LogP contribution is -1.79. The number of hydrogen-bond acceptors (Lipinski definition) is 1. The normalized spacial score (nSPS) is 10.4. The zero-order valence-corrected chi connectivity index (χ0v) is 7.54. The minimum absolute atomic E-state index is 0.813. The number of hydrogen-bond donors (Lipinski definition) is 0. The largest absolute Gasteiger partial charge is 0.465 e. The fourth-order valence-electron chi connectivity index (χ4n) is 0.640. The molecule has 0 heterocycles. The number of halogens is 1. The first-order valence-corrected chi connectivity index (χ1v) is 3.98. The minimum atomic E-state index is 0.813. The van der Waals surface area contributed by atoms with E-state index < -0.39 is 0 Å². The summed E-state index contributed by atoms with van der Waals surface area (Å²) in [5.74, 6) is 0.813. The first kappa shape index (κ1) is 8.34. The third kappa shape index (κ3) is 2.76. The van der Waals surface area contributed by atoms with E-state index in [9.17, 15) is 0 Å². The van der Waals surface area contributed by atoms with Crippen LogP contribution in [0.1, 0.15) is 0 Å². The van der Waals surface area contributed by atoms with Gasteiger partial charge in [0.15, 0.2) is 0 Å². The molecule has 0 unspecified atom stereocenters. The summed E-state index contributed by atoms with van der Waals surface area (Å²) < 4.78 is 6.19. The van der Waals surface area contributed by atoms with E-state index in [-0.39, 0.29) is 0 Å². The molecule has 1 rings (SSSR count). The van der Waals surface area contributed by atoms with E-state index in [4.69, 9.17) is 4.74 Å². The molecule has 0 aromatic heterocycles. The van der Waals surface area contributed by atoms with Crippen LogP contribution in [0.4, 0.5) is 0 Å². The number of benzene rings is 1. The average Bonchev–Trinajstić information content (AvgIpc) is 2.04. The predicted octanol–water partition coefficient (Wildman–Crippen LogP) is 3.18. The number of rotatable bonds is 2. The highest BCUT2D eigenvalue weighted by Crippen LogP contribution is 2.15. The molecule has 1 radical (unpaired) electrons. The summed E-state index contributed by atoms with van der Waals surface area (Å²) in [5, 5.41) is 0. The van der Waals surface area contributed by atoms with Crippen molar-refractivity contribution < 1.29 is 4.74 Å². The van der Waals surface area contributed by atoms with E-state index in [1.807, 2.05) is 24.3 Å². The summed E-state index contributed by atoms with van der Waals surface area (Å²) in [5.41, 5.74) is 0. The predicted molar refractivity (Wildman–Crippen MR) is 49.3 cm³/mol. The van der Waals surface area contributed by atoms with Gasteiger partial charge in [-0.15, -0.1) is 0 Å². The zero-order valence-electron chi connectivity index (χ0n) is 5.96. The standard InChI is InChI=1S/C9H8BrO/c1-2-7-11-9-5-3-8(10)4-6-9/h2-7H,1H2. The van der Waals surface area contributed by atoms with Crippen LogP contribution in [0, 0.1) is 6.92 Å². The Bertz CT molecular complexity index is 238. The SMILES string of the molecule is [CH2]C=COc1ccc(Br)cc1. The summed E-state index contributed by atoms with van der Waals surface area (Å²) in [6.45, 7) is 3.50. The van der Waals surface area contributed by atoms with Crippen LogP contribution < -0.4 is 4.74 Å². The maximum absolute atomic E-state index is 5.15. The quantitative estimate of drug-likeness (QED) is 0.684. The molecule has 0 amide bonds. The van der Waals surface area contributed by atoms with Crippen LogP contribution in [0.3, 0.4) is 0 Å². The molecule has 0 aliphatic carbocycles. The minimum Gasteiger partial charge on any atom is -0.465 e. The van der Waals surface area contributed by atoms with Gasteiger partial charge in [-0.25, -0.2) is 0 Å². The molecule has 0 bridgehead atoms. The van der Waals surface area contributed by atoms with Crippen molar-refractivity contribution in [2.75, 3.05) is 0 Å². The van der Waals surface area contributed by atoms with Crippen LogP contribution >= 0.6 is 15.9 Å². The molecule has 57 valence electrons. The maximum Gasteiger partial charge on any atom is 0.126 e. The van der Waals surface area contributed by atoms with Gasteiger partial charge >= 0.3 is 0 Å². The second-order valence-electron chi connectivity index (χ2n) is 1.94. The molecule has 1 aromatic rings. The Balaban J connectivity index is 2.66. The lowest BCUT2D eigenvalue weighted by molar-refractivity contribution is 0.481. The highest BCUT2D eigenvalue weighted by molar-refractivity contribution is 9.10. The third-order valence-corrected chi connectivity index (χ3v) is 1.64. The first-order valence-electron chi connectivity index (χ1n) is 3.19. The van der Waals surface area contributed by atoms with Gasteiger partial charge < -0.3 is 4.74 Å². The second kappa shape index (κ2) is 4.19. The molecule has 0 N–H and O–H groups in total. The highest BCUT2D eigenvalue weighted by atomic mass is 79.9. The van der Waals surface area contributed by atoms with Gasteiger partial charge in [0.25, 0.3) is 0 Å². The second-order valence-corrected chi connectivity index (χ2v) is 2.86. The molecule has 0 aliphatic rings. The fraction of sp³-hybridized carbons (Fsp3) is 0. The first-order chi connectivity index (χ1) is 5.33. The Labute approximate surface area is 74.8 Å². The van der Waals surface area contributed by atoms with Gasteiger partial charge in [-0.2, -0.15) is 0 Å². The third-order valence-electron chi connectivity index (χ3n) is 1.11. The Hall–Kier alpha value is -0.760. The van der Waals surface area contributed by atoms with Gasteiger partial charge in [0.05, 0.1) is 6.26 Å². The molecule has 0 fully saturated rings. The van der Waals surface area contributed by atoms with Crippen molar-refractivity contribution in [3.63, 3.8) is 0 Å². The number of ether oxygens (including phenoxy) is 1. The van der Waals surface area contributed by atoms with Gasteiger partial charge in [0.1, 0.15) is 5.75 Å². The molecular formula is C9H8BrO. The topological polar surface area (TPSA) is 9.23 Å². The fourth-order valence-corrected chi connectivity index (χ4v) is 0.904. The molecule has 0 saturated carbocycles. The highest BCUT2D eigenvalue weighted by Gasteiger charge is 1.88. The van der Waals surface area contributed by atoms with Crippen molar-refractivity contribution in [3.05, 3.63) is 48.0 Å². The van der Waals surface area contributed by atoms with Gasteiger partial charge in [0, 0.05) is 4.47 Å². The average molecular weight is 212 g/mol. The summed E-state index contributed by atoms with van der Waals surface area (Å²) in [7, 11) is 0. The maximum atomic E-state index is 5.15. The summed E-state index contributed by atoms with van der Waals surface area (Å²) >= 11 is 3.33. The Kier molecular flexibility index (Phi) is 3.17. The van der Waals surface area contributed by atoms with Crippen molar-refractivity contribution in [2.24, 2.45) is 0 Å². The Morgan fingerprint density at radius 3 is 2.45 bits per heavy atom. The van der Waals surface area contributed by atoms with Crippen molar-refractivity contribution >= 4 is 15.9 Å². The van der Waals surface area contributed by atoms with Gasteiger partial charge in [-0.1, -0.05) is 15.9 Å². The number of allylic oxidation sites excluding steroid dienone is 1. The van der Waals surface area contributed by atoms with Gasteiger partial charge in [-0.05, 0) is 37.3 Å². The van der Waals surface area contributed by atoms with Gasteiger partial charge in [0.2, 0.25) is 0 Å². The van der Waals surface area contributed by atoms with Crippen LogP contribution in [0.5, 0.6) is 5.75 Å². The zero-order chi connectivity index (χ0) is 8.10. The Morgan fingerprint density at radius 1 is 1.27 bits per heavy atom. The summed E-state index contributed by atoms with van der Waals surface area (Å²) in [6, 6.07) is 7.60. The van der Waals surface area contributed by atoms with E-state index in [1.165, 1.54) is 0 Å². The lowest BCUT2D eigenvalue weighted by atomic mass is 10.3. The monoisotopic (exact) mass is 211 g/mol. The smallest absolute Gasteiger partial charge is 0.126 e. The van der Waals surface area contributed by atoms with Crippen LogP contribution in [-0.4, -0.2) is 0 Å².